The average molecular weight is 337 g/mol. The monoisotopic (exact) mass is 337 g/mol. The lowest BCUT2D eigenvalue weighted by atomic mass is 10.0. The summed E-state index contributed by atoms with van der Waals surface area (Å²) < 4.78 is 0. The van der Waals surface area contributed by atoms with Crippen LogP contribution < -0.4 is 5.32 Å². The van der Waals surface area contributed by atoms with E-state index in [-0.39, 0.29) is 6.42 Å². The van der Waals surface area contributed by atoms with Crippen LogP contribution in [0.3, 0.4) is 0 Å². The first-order chi connectivity index (χ1) is 12.0. The van der Waals surface area contributed by atoms with Gasteiger partial charge >= 0.3 is 5.97 Å². The Morgan fingerprint density at radius 3 is 2.24 bits per heavy atom. The number of amides is 1. The Balaban J connectivity index is 1.97. The van der Waals surface area contributed by atoms with E-state index in [9.17, 15) is 14.7 Å². The normalized spacial score (nSPS) is 12.3. The minimum atomic E-state index is -1.05. The largest absolute Gasteiger partial charge is 0.480 e. The van der Waals surface area contributed by atoms with E-state index in [2.05, 4.69) is 19.2 Å². The molecule has 130 valence electrons. The SMILES string of the molecule is CC(C)c1ccc(/C=C/C(=O)N[C@H](Cc2ccccc2)C(=O)O)cc1. The van der Waals surface area contributed by atoms with Gasteiger partial charge in [0.15, 0.2) is 0 Å². The lowest BCUT2D eigenvalue weighted by Crippen LogP contribution is -2.41. The summed E-state index contributed by atoms with van der Waals surface area (Å²) in [5.74, 6) is -1.02. The van der Waals surface area contributed by atoms with Gasteiger partial charge in [0.1, 0.15) is 6.04 Å². The third-order valence-corrected chi connectivity index (χ3v) is 3.93. The maximum absolute atomic E-state index is 12.0. The fourth-order valence-corrected chi connectivity index (χ4v) is 2.43. The Hall–Kier alpha value is -2.88. The maximum Gasteiger partial charge on any atom is 0.326 e. The quantitative estimate of drug-likeness (QED) is 0.758. The van der Waals surface area contributed by atoms with Crippen LogP contribution in [0.15, 0.2) is 60.7 Å². The first-order valence-electron chi connectivity index (χ1n) is 8.31. The van der Waals surface area contributed by atoms with Gasteiger partial charge in [0.05, 0.1) is 0 Å². The maximum atomic E-state index is 12.0. The molecule has 4 nitrogen and oxygen atoms in total. The van der Waals surface area contributed by atoms with Crippen molar-refractivity contribution in [2.75, 3.05) is 0 Å². The molecule has 2 aromatic rings. The van der Waals surface area contributed by atoms with Crippen molar-refractivity contribution in [3.8, 4) is 0 Å². The van der Waals surface area contributed by atoms with Crippen LogP contribution in [0.25, 0.3) is 6.08 Å². The molecule has 4 heteroatoms. The van der Waals surface area contributed by atoms with Crippen LogP contribution in [-0.2, 0) is 16.0 Å². The van der Waals surface area contributed by atoms with Gasteiger partial charge in [-0.1, -0.05) is 68.4 Å². The van der Waals surface area contributed by atoms with Gasteiger partial charge < -0.3 is 10.4 Å². The van der Waals surface area contributed by atoms with Crippen LogP contribution in [0.4, 0.5) is 0 Å². The van der Waals surface area contributed by atoms with Crippen molar-refractivity contribution in [2.24, 2.45) is 0 Å². The highest BCUT2D eigenvalue weighted by Crippen LogP contribution is 2.15. The number of carboxylic acids is 1. The summed E-state index contributed by atoms with van der Waals surface area (Å²) in [4.78, 5) is 23.4. The van der Waals surface area contributed by atoms with Gasteiger partial charge in [-0.05, 0) is 28.7 Å². The molecule has 2 N–H and O–H groups in total. The zero-order valence-corrected chi connectivity index (χ0v) is 14.5. The standard InChI is InChI=1S/C21H23NO3/c1-15(2)18-11-8-16(9-12-18)10-13-20(23)22-19(21(24)25)14-17-6-4-3-5-7-17/h3-13,15,19H,14H2,1-2H3,(H,22,23)(H,24,25)/b13-10+/t19-/m1/s1. The van der Waals surface area contributed by atoms with E-state index in [1.807, 2.05) is 54.6 Å². The summed E-state index contributed by atoms with van der Waals surface area (Å²) in [5, 5.41) is 11.9. The zero-order valence-electron chi connectivity index (χ0n) is 14.5. The van der Waals surface area contributed by atoms with Crippen molar-refractivity contribution in [3.05, 3.63) is 77.4 Å². The molecule has 2 aromatic carbocycles. The van der Waals surface area contributed by atoms with Crippen molar-refractivity contribution in [1.82, 2.24) is 5.32 Å². The molecule has 0 aliphatic heterocycles. The van der Waals surface area contributed by atoms with Crippen molar-refractivity contribution in [2.45, 2.75) is 32.2 Å². The van der Waals surface area contributed by atoms with Crippen LogP contribution in [0, 0.1) is 0 Å². The van der Waals surface area contributed by atoms with E-state index in [1.165, 1.54) is 11.6 Å². The Labute approximate surface area is 148 Å². The fourth-order valence-electron chi connectivity index (χ4n) is 2.43. The van der Waals surface area contributed by atoms with Crippen LogP contribution >= 0.6 is 0 Å². The van der Waals surface area contributed by atoms with Crippen LogP contribution in [-0.4, -0.2) is 23.0 Å². The van der Waals surface area contributed by atoms with Gasteiger partial charge in [-0.2, -0.15) is 0 Å². The van der Waals surface area contributed by atoms with Crippen LogP contribution in [0.2, 0.25) is 0 Å². The average Bonchev–Trinajstić information content (AvgIpc) is 2.60. The highest BCUT2D eigenvalue weighted by molar-refractivity contribution is 5.94. The highest BCUT2D eigenvalue weighted by atomic mass is 16.4. The molecule has 1 amide bonds. The van der Waals surface area contributed by atoms with Crippen molar-refractivity contribution in [3.63, 3.8) is 0 Å². The minimum Gasteiger partial charge on any atom is -0.480 e. The molecular weight excluding hydrogens is 314 g/mol. The minimum absolute atomic E-state index is 0.249. The number of carbonyl (C=O) groups is 2. The number of benzene rings is 2. The molecule has 0 unspecified atom stereocenters. The Morgan fingerprint density at radius 1 is 1.04 bits per heavy atom. The lowest BCUT2D eigenvalue weighted by Gasteiger charge is -2.13. The summed E-state index contributed by atoms with van der Waals surface area (Å²) in [7, 11) is 0. The second-order valence-electron chi connectivity index (χ2n) is 6.24. The van der Waals surface area contributed by atoms with E-state index in [4.69, 9.17) is 0 Å². The molecule has 0 heterocycles. The second-order valence-corrected chi connectivity index (χ2v) is 6.24. The van der Waals surface area contributed by atoms with Crippen LogP contribution in [0.5, 0.6) is 0 Å². The molecule has 2 rings (SSSR count). The van der Waals surface area contributed by atoms with Gasteiger partial charge in [-0.25, -0.2) is 4.79 Å². The van der Waals surface area contributed by atoms with Crippen molar-refractivity contribution in [1.29, 1.82) is 0 Å². The molecule has 0 aromatic heterocycles. The van der Waals surface area contributed by atoms with Gasteiger partial charge in [-0.15, -0.1) is 0 Å². The van der Waals surface area contributed by atoms with Crippen molar-refractivity contribution < 1.29 is 14.7 Å². The molecule has 1 atom stereocenters. The lowest BCUT2D eigenvalue weighted by molar-refractivity contribution is -0.141. The summed E-state index contributed by atoms with van der Waals surface area (Å²) in [6.45, 7) is 4.24. The zero-order chi connectivity index (χ0) is 18.2. The number of hydrogen-bond donors (Lipinski definition) is 2. The van der Waals surface area contributed by atoms with Gasteiger partial charge in [0.25, 0.3) is 0 Å². The molecule has 0 saturated heterocycles. The van der Waals surface area contributed by atoms with E-state index in [0.717, 1.165) is 11.1 Å². The topological polar surface area (TPSA) is 66.4 Å². The number of carbonyl (C=O) groups excluding carboxylic acids is 1. The fraction of sp³-hybridized carbons (Fsp3) is 0.238. The summed E-state index contributed by atoms with van der Waals surface area (Å²) in [5.41, 5.74) is 2.99. The molecular formula is C21H23NO3. The van der Waals surface area contributed by atoms with Crippen LogP contribution in [0.1, 0.15) is 36.5 Å². The number of rotatable bonds is 7. The number of aliphatic carboxylic acids is 1. The predicted molar refractivity (Wildman–Crippen MR) is 99.3 cm³/mol. The van der Waals surface area contributed by atoms with E-state index < -0.39 is 17.9 Å². The van der Waals surface area contributed by atoms with Gasteiger partial charge in [0, 0.05) is 12.5 Å². The molecule has 0 aliphatic rings. The number of nitrogens with one attached hydrogen (secondary N) is 1. The Morgan fingerprint density at radius 2 is 1.68 bits per heavy atom. The summed E-state index contributed by atoms with van der Waals surface area (Å²) in [6.07, 6.45) is 3.30. The highest BCUT2D eigenvalue weighted by Gasteiger charge is 2.19. The number of hydrogen-bond acceptors (Lipinski definition) is 2. The molecule has 0 saturated carbocycles. The second kappa shape index (κ2) is 8.83. The molecule has 25 heavy (non-hydrogen) atoms. The molecule has 0 radical (unpaired) electrons. The Kier molecular flexibility index (Phi) is 6.52. The summed E-state index contributed by atoms with van der Waals surface area (Å²) >= 11 is 0. The smallest absolute Gasteiger partial charge is 0.326 e. The van der Waals surface area contributed by atoms with Crippen molar-refractivity contribution >= 4 is 18.0 Å². The first-order valence-corrected chi connectivity index (χ1v) is 8.31. The molecule has 0 spiro atoms. The molecule has 0 fully saturated rings. The summed E-state index contributed by atoms with van der Waals surface area (Å²) in [6, 6.07) is 16.2. The predicted octanol–water partition coefficient (Wildman–Crippen LogP) is 3.64. The van der Waals surface area contributed by atoms with E-state index in [0.29, 0.717) is 5.92 Å². The Bertz CT molecular complexity index is 733. The van der Waals surface area contributed by atoms with E-state index in [1.54, 1.807) is 6.08 Å². The number of carboxylic acid groups (broad SMARTS) is 1. The first kappa shape index (κ1) is 18.5. The molecule has 0 aliphatic carbocycles. The molecule has 0 bridgehead atoms. The van der Waals surface area contributed by atoms with E-state index >= 15 is 0 Å². The van der Waals surface area contributed by atoms with Gasteiger partial charge in [0.2, 0.25) is 5.91 Å². The third-order valence-electron chi connectivity index (χ3n) is 3.93. The van der Waals surface area contributed by atoms with Gasteiger partial charge in [-0.3, -0.25) is 4.79 Å². The third kappa shape index (κ3) is 5.92.